The Morgan fingerprint density at radius 3 is 2.92 bits per heavy atom. The van der Waals surface area contributed by atoms with E-state index >= 15 is 0 Å². The van der Waals surface area contributed by atoms with Crippen LogP contribution in [0.1, 0.15) is 19.5 Å². The number of ether oxygens (including phenoxy) is 1. The van der Waals surface area contributed by atoms with Crippen molar-refractivity contribution in [3.8, 4) is 6.08 Å². The third-order valence-electron chi connectivity index (χ3n) is 1.56. The highest BCUT2D eigenvalue weighted by Crippen LogP contribution is 2.08. The quantitative estimate of drug-likeness (QED) is 0.752. The summed E-state index contributed by atoms with van der Waals surface area (Å²) >= 11 is 0. The Balaban J connectivity index is 2.28. The van der Waals surface area contributed by atoms with E-state index in [1.807, 2.05) is 0 Å². The van der Waals surface area contributed by atoms with Crippen LogP contribution in [0.5, 0.6) is 6.08 Å². The van der Waals surface area contributed by atoms with Gasteiger partial charge in [-0.1, -0.05) is 13.8 Å². The minimum atomic E-state index is 0.321. The Bertz CT molecular complexity index is 246. The molecule has 0 radical (unpaired) electrons. The zero-order valence-electron chi connectivity index (χ0n) is 8.33. The molecule has 0 aromatic carbocycles. The van der Waals surface area contributed by atoms with Crippen LogP contribution in [0.4, 0.5) is 0 Å². The van der Waals surface area contributed by atoms with Crippen molar-refractivity contribution >= 4 is 0 Å². The van der Waals surface area contributed by atoms with Crippen LogP contribution >= 0.6 is 0 Å². The molecule has 0 saturated carbocycles. The Morgan fingerprint density at radius 2 is 2.38 bits per heavy atom. The first-order valence-electron chi connectivity index (χ1n) is 4.41. The van der Waals surface area contributed by atoms with E-state index in [9.17, 15) is 0 Å². The number of rotatable bonds is 5. The summed E-state index contributed by atoms with van der Waals surface area (Å²) < 4.78 is 9.81. The Kier molecular flexibility index (Phi) is 3.76. The maximum absolute atomic E-state index is 5.00. The molecule has 0 fully saturated rings. The molecule has 0 aliphatic carbocycles. The molecule has 0 spiro atoms. The second kappa shape index (κ2) is 4.87. The largest absolute Gasteiger partial charge is 0.454 e. The van der Waals surface area contributed by atoms with Gasteiger partial charge in [-0.15, -0.1) is 0 Å². The van der Waals surface area contributed by atoms with Gasteiger partial charge in [-0.3, -0.25) is 0 Å². The molecule has 1 rings (SSSR count). The summed E-state index contributed by atoms with van der Waals surface area (Å²) in [4.78, 5) is 4.07. The zero-order valence-corrected chi connectivity index (χ0v) is 8.33. The molecule has 1 heterocycles. The van der Waals surface area contributed by atoms with Crippen molar-refractivity contribution in [3.05, 3.63) is 12.0 Å². The third kappa shape index (κ3) is 3.46. The van der Waals surface area contributed by atoms with Gasteiger partial charge in [0, 0.05) is 6.54 Å². The van der Waals surface area contributed by atoms with E-state index in [-0.39, 0.29) is 0 Å². The van der Waals surface area contributed by atoms with Gasteiger partial charge in [0.25, 0.3) is 0 Å². The minimum Gasteiger partial charge on any atom is -0.454 e. The Hall–Kier alpha value is -1.03. The van der Waals surface area contributed by atoms with E-state index in [0.29, 0.717) is 12.0 Å². The first-order valence-corrected chi connectivity index (χ1v) is 4.41. The van der Waals surface area contributed by atoms with E-state index in [4.69, 9.17) is 9.15 Å². The lowest BCUT2D eigenvalue weighted by Gasteiger charge is -2.04. The topological polar surface area (TPSA) is 47.3 Å². The number of hydrogen-bond donors (Lipinski definition) is 1. The van der Waals surface area contributed by atoms with Gasteiger partial charge >= 0.3 is 6.08 Å². The first-order chi connectivity index (χ1) is 6.22. The number of oxazole rings is 1. The molecule has 1 N–H and O–H groups in total. The lowest BCUT2D eigenvalue weighted by Crippen LogP contribution is -2.19. The van der Waals surface area contributed by atoms with Crippen molar-refractivity contribution in [2.45, 2.75) is 20.4 Å². The fourth-order valence-electron chi connectivity index (χ4n) is 0.952. The standard InChI is InChI=1S/C9H16N2O2/c1-7(2)4-10-5-8-6-13-9(11-8)12-3/h6-7,10H,4-5H2,1-3H3. The highest BCUT2D eigenvalue weighted by molar-refractivity contribution is 4.98. The summed E-state index contributed by atoms with van der Waals surface area (Å²) in [6, 6.07) is 0. The molecule has 13 heavy (non-hydrogen) atoms. The van der Waals surface area contributed by atoms with Gasteiger partial charge < -0.3 is 14.5 Å². The summed E-state index contributed by atoms with van der Waals surface area (Å²) in [7, 11) is 1.54. The Morgan fingerprint density at radius 1 is 1.62 bits per heavy atom. The maximum Gasteiger partial charge on any atom is 0.393 e. The molecule has 0 saturated heterocycles. The van der Waals surface area contributed by atoms with Crippen molar-refractivity contribution in [2.75, 3.05) is 13.7 Å². The van der Waals surface area contributed by atoms with Crippen molar-refractivity contribution in [1.29, 1.82) is 0 Å². The highest BCUT2D eigenvalue weighted by Gasteiger charge is 2.02. The zero-order chi connectivity index (χ0) is 9.68. The lowest BCUT2D eigenvalue weighted by molar-refractivity contribution is 0.290. The van der Waals surface area contributed by atoms with Crippen LogP contribution in [-0.4, -0.2) is 18.6 Å². The molecule has 1 aromatic heterocycles. The average Bonchev–Trinajstić information content (AvgIpc) is 2.52. The summed E-state index contributed by atoms with van der Waals surface area (Å²) in [5, 5.41) is 3.26. The molecule has 4 nitrogen and oxygen atoms in total. The van der Waals surface area contributed by atoms with Gasteiger partial charge in [0.2, 0.25) is 0 Å². The molecule has 0 amide bonds. The normalized spacial score (nSPS) is 10.8. The molecule has 0 aliphatic rings. The second-order valence-corrected chi connectivity index (χ2v) is 3.33. The molecule has 74 valence electrons. The first kappa shape index (κ1) is 10.1. The van der Waals surface area contributed by atoms with Crippen LogP contribution in [0.25, 0.3) is 0 Å². The van der Waals surface area contributed by atoms with Gasteiger partial charge in [0.05, 0.1) is 12.8 Å². The molecule has 0 bridgehead atoms. The van der Waals surface area contributed by atoms with E-state index in [1.54, 1.807) is 6.26 Å². The van der Waals surface area contributed by atoms with E-state index in [2.05, 4.69) is 24.1 Å². The molecule has 0 unspecified atom stereocenters. The number of nitrogens with one attached hydrogen (secondary N) is 1. The number of aromatic nitrogens is 1. The van der Waals surface area contributed by atoms with Gasteiger partial charge in [-0.05, 0) is 12.5 Å². The SMILES string of the molecule is COc1nc(CNCC(C)C)co1. The third-order valence-corrected chi connectivity index (χ3v) is 1.56. The van der Waals surface area contributed by atoms with Crippen molar-refractivity contribution in [2.24, 2.45) is 5.92 Å². The predicted octanol–water partition coefficient (Wildman–Crippen LogP) is 1.43. The monoisotopic (exact) mass is 184 g/mol. The summed E-state index contributed by atoms with van der Waals surface area (Å²) in [6.07, 6.45) is 1.92. The van der Waals surface area contributed by atoms with Crippen LogP contribution in [0.3, 0.4) is 0 Å². The van der Waals surface area contributed by atoms with Crippen LogP contribution < -0.4 is 10.1 Å². The van der Waals surface area contributed by atoms with Gasteiger partial charge in [-0.2, -0.15) is 4.98 Å². The molecular weight excluding hydrogens is 168 g/mol. The maximum atomic E-state index is 5.00. The van der Waals surface area contributed by atoms with Crippen molar-refractivity contribution in [3.63, 3.8) is 0 Å². The highest BCUT2D eigenvalue weighted by atomic mass is 16.6. The van der Waals surface area contributed by atoms with Crippen molar-refractivity contribution in [1.82, 2.24) is 10.3 Å². The van der Waals surface area contributed by atoms with Crippen LogP contribution in [0.15, 0.2) is 10.7 Å². The fraction of sp³-hybridized carbons (Fsp3) is 0.667. The predicted molar refractivity (Wildman–Crippen MR) is 49.6 cm³/mol. The van der Waals surface area contributed by atoms with Crippen LogP contribution in [0, 0.1) is 5.92 Å². The molecule has 4 heteroatoms. The second-order valence-electron chi connectivity index (χ2n) is 3.33. The van der Waals surface area contributed by atoms with Gasteiger partial charge in [0.15, 0.2) is 0 Å². The summed E-state index contributed by atoms with van der Waals surface area (Å²) in [5.41, 5.74) is 0.873. The summed E-state index contributed by atoms with van der Waals surface area (Å²) in [6.45, 7) is 6.03. The molecule has 0 atom stereocenters. The lowest BCUT2D eigenvalue weighted by atomic mass is 10.2. The van der Waals surface area contributed by atoms with E-state index in [1.165, 1.54) is 7.11 Å². The van der Waals surface area contributed by atoms with Gasteiger partial charge in [-0.25, -0.2) is 0 Å². The van der Waals surface area contributed by atoms with Crippen LogP contribution in [0.2, 0.25) is 0 Å². The number of methoxy groups -OCH3 is 1. The van der Waals surface area contributed by atoms with E-state index in [0.717, 1.165) is 18.8 Å². The average molecular weight is 184 g/mol. The number of nitrogens with zero attached hydrogens (tertiary/aromatic N) is 1. The smallest absolute Gasteiger partial charge is 0.393 e. The van der Waals surface area contributed by atoms with Crippen molar-refractivity contribution < 1.29 is 9.15 Å². The Labute approximate surface area is 78.3 Å². The van der Waals surface area contributed by atoms with Gasteiger partial charge in [0.1, 0.15) is 6.26 Å². The fourth-order valence-corrected chi connectivity index (χ4v) is 0.952. The molecular formula is C9H16N2O2. The molecule has 1 aromatic rings. The van der Waals surface area contributed by atoms with E-state index < -0.39 is 0 Å². The summed E-state index contributed by atoms with van der Waals surface area (Å²) in [5.74, 6) is 0.647. The minimum absolute atomic E-state index is 0.321. The van der Waals surface area contributed by atoms with Crippen LogP contribution in [-0.2, 0) is 6.54 Å². The number of hydrogen-bond acceptors (Lipinski definition) is 4. The molecule has 0 aliphatic heterocycles.